The highest BCUT2D eigenvalue weighted by Crippen LogP contribution is 2.36. The molecule has 0 radical (unpaired) electrons. The molecule has 0 bridgehead atoms. The lowest BCUT2D eigenvalue weighted by atomic mass is 9.75. The number of nitrogens with zero attached hydrogens (tertiary/aromatic N) is 2. The molecule has 0 aromatic heterocycles. The third-order valence-electron chi connectivity index (χ3n) is 5.08. The first-order valence-corrected chi connectivity index (χ1v) is 7.95. The SMILES string of the molecule is Cc1ccc(C2=NN(C)CC2)cc1B1OC(C)(C)C(C)(C)O1. The monoisotopic (exact) mass is 300 g/mol. The van der Waals surface area contributed by atoms with Gasteiger partial charge >= 0.3 is 7.12 Å². The van der Waals surface area contributed by atoms with Gasteiger partial charge in [-0.15, -0.1) is 0 Å². The number of benzene rings is 1. The molecule has 22 heavy (non-hydrogen) atoms. The molecule has 2 aliphatic heterocycles. The van der Waals surface area contributed by atoms with Crippen molar-refractivity contribution in [3.05, 3.63) is 29.3 Å². The quantitative estimate of drug-likeness (QED) is 0.786. The summed E-state index contributed by atoms with van der Waals surface area (Å²) in [7, 11) is 1.70. The summed E-state index contributed by atoms with van der Waals surface area (Å²) in [6.45, 7) is 11.4. The van der Waals surface area contributed by atoms with E-state index in [-0.39, 0.29) is 18.3 Å². The van der Waals surface area contributed by atoms with Crippen LogP contribution in [0, 0.1) is 6.92 Å². The van der Waals surface area contributed by atoms with Gasteiger partial charge in [0.2, 0.25) is 0 Å². The summed E-state index contributed by atoms with van der Waals surface area (Å²) in [4.78, 5) is 0. The van der Waals surface area contributed by atoms with E-state index in [1.807, 2.05) is 12.1 Å². The average Bonchev–Trinajstić information content (AvgIpc) is 2.92. The van der Waals surface area contributed by atoms with Gasteiger partial charge in [-0.2, -0.15) is 5.10 Å². The van der Waals surface area contributed by atoms with Crippen molar-refractivity contribution < 1.29 is 9.31 Å². The highest BCUT2D eigenvalue weighted by molar-refractivity contribution is 6.62. The fourth-order valence-electron chi connectivity index (χ4n) is 2.82. The predicted octanol–water partition coefficient (Wildman–Crippen LogP) is 2.33. The Morgan fingerprint density at radius 3 is 2.32 bits per heavy atom. The number of hydrazone groups is 1. The van der Waals surface area contributed by atoms with E-state index in [1.54, 1.807) is 0 Å². The predicted molar refractivity (Wildman–Crippen MR) is 90.7 cm³/mol. The minimum atomic E-state index is -0.315. The maximum absolute atomic E-state index is 6.20. The lowest BCUT2D eigenvalue weighted by Gasteiger charge is -2.32. The van der Waals surface area contributed by atoms with Crippen molar-refractivity contribution in [3.8, 4) is 0 Å². The standard InChI is InChI=1S/C17H25BN2O2/c1-12-7-8-13(15-9-10-20(6)19-15)11-14(12)18-21-16(2,3)17(4,5)22-18/h7-8,11H,9-10H2,1-6H3. The molecule has 0 amide bonds. The molecular weight excluding hydrogens is 275 g/mol. The molecule has 5 heteroatoms. The molecule has 1 fully saturated rings. The second-order valence-electron chi connectivity index (χ2n) is 7.34. The van der Waals surface area contributed by atoms with Crippen molar-refractivity contribution in [1.82, 2.24) is 5.01 Å². The van der Waals surface area contributed by atoms with E-state index >= 15 is 0 Å². The van der Waals surface area contributed by atoms with Crippen molar-refractivity contribution in [3.63, 3.8) is 0 Å². The minimum Gasteiger partial charge on any atom is -0.399 e. The topological polar surface area (TPSA) is 34.1 Å². The smallest absolute Gasteiger partial charge is 0.399 e. The Balaban J connectivity index is 1.93. The average molecular weight is 300 g/mol. The molecule has 0 spiro atoms. The largest absolute Gasteiger partial charge is 0.495 e. The summed E-state index contributed by atoms with van der Waals surface area (Å²) in [5.41, 5.74) is 3.97. The Hall–Kier alpha value is -1.33. The van der Waals surface area contributed by atoms with E-state index in [0.29, 0.717) is 0 Å². The Labute approximate surface area is 133 Å². The molecule has 1 aromatic rings. The van der Waals surface area contributed by atoms with Crippen LogP contribution in [0.25, 0.3) is 0 Å². The first-order valence-electron chi connectivity index (χ1n) is 7.95. The van der Waals surface area contributed by atoms with Crippen LogP contribution in [0.5, 0.6) is 0 Å². The number of rotatable bonds is 2. The number of aryl methyl sites for hydroxylation is 1. The van der Waals surface area contributed by atoms with Gasteiger partial charge in [0.05, 0.1) is 16.9 Å². The van der Waals surface area contributed by atoms with E-state index < -0.39 is 0 Å². The Kier molecular flexibility index (Phi) is 3.61. The molecule has 3 rings (SSSR count). The second kappa shape index (κ2) is 5.10. The summed E-state index contributed by atoms with van der Waals surface area (Å²) in [6, 6.07) is 6.45. The molecule has 0 saturated carbocycles. The van der Waals surface area contributed by atoms with Crippen molar-refractivity contribution in [2.24, 2.45) is 5.10 Å². The lowest BCUT2D eigenvalue weighted by molar-refractivity contribution is 0.00578. The summed E-state index contributed by atoms with van der Waals surface area (Å²) >= 11 is 0. The van der Waals surface area contributed by atoms with Crippen LogP contribution >= 0.6 is 0 Å². The van der Waals surface area contributed by atoms with Crippen molar-refractivity contribution in [2.45, 2.75) is 52.2 Å². The summed E-state index contributed by atoms with van der Waals surface area (Å²) in [5, 5.41) is 6.57. The van der Waals surface area contributed by atoms with Crippen molar-refractivity contribution >= 4 is 18.3 Å². The maximum atomic E-state index is 6.20. The fraction of sp³-hybridized carbons (Fsp3) is 0.588. The maximum Gasteiger partial charge on any atom is 0.495 e. The molecule has 2 heterocycles. The molecule has 1 saturated heterocycles. The number of hydrogen-bond acceptors (Lipinski definition) is 4. The van der Waals surface area contributed by atoms with Crippen LogP contribution in [0.4, 0.5) is 0 Å². The molecule has 0 atom stereocenters. The molecule has 0 unspecified atom stereocenters. The van der Waals surface area contributed by atoms with Crippen LogP contribution in [-0.2, 0) is 9.31 Å². The van der Waals surface area contributed by atoms with E-state index in [9.17, 15) is 0 Å². The summed E-state index contributed by atoms with van der Waals surface area (Å²) in [5.74, 6) is 0. The van der Waals surface area contributed by atoms with Gasteiger partial charge in [-0.05, 0) is 45.6 Å². The molecular formula is C17H25BN2O2. The van der Waals surface area contributed by atoms with Gasteiger partial charge in [-0.3, -0.25) is 5.01 Å². The third-order valence-corrected chi connectivity index (χ3v) is 5.08. The van der Waals surface area contributed by atoms with Crippen LogP contribution < -0.4 is 5.46 Å². The number of hydrogen-bond donors (Lipinski definition) is 0. The summed E-state index contributed by atoms with van der Waals surface area (Å²) < 4.78 is 12.4. The lowest BCUT2D eigenvalue weighted by Crippen LogP contribution is -2.41. The van der Waals surface area contributed by atoms with E-state index in [0.717, 1.165) is 24.1 Å². The van der Waals surface area contributed by atoms with Gasteiger partial charge in [-0.25, -0.2) is 0 Å². The van der Waals surface area contributed by atoms with Gasteiger partial charge in [0.15, 0.2) is 0 Å². The van der Waals surface area contributed by atoms with Crippen LogP contribution in [0.3, 0.4) is 0 Å². The van der Waals surface area contributed by atoms with Crippen molar-refractivity contribution in [2.75, 3.05) is 13.6 Å². The zero-order chi connectivity index (χ0) is 16.1. The van der Waals surface area contributed by atoms with Gasteiger partial charge < -0.3 is 9.31 Å². The Morgan fingerprint density at radius 2 is 1.77 bits per heavy atom. The van der Waals surface area contributed by atoms with Gasteiger partial charge in [0.25, 0.3) is 0 Å². The van der Waals surface area contributed by atoms with E-state index in [2.05, 4.69) is 57.9 Å². The van der Waals surface area contributed by atoms with Gasteiger partial charge in [0, 0.05) is 20.0 Å². The molecule has 0 N–H and O–H groups in total. The highest BCUT2D eigenvalue weighted by atomic mass is 16.7. The summed E-state index contributed by atoms with van der Waals surface area (Å²) in [6.07, 6.45) is 0.988. The van der Waals surface area contributed by atoms with Crippen molar-refractivity contribution in [1.29, 1.82) is 0 Å². The van der Waals surface area contributed by atoms with Crippen LogP contribution in [0.15, 0.2) is 23.3 Å². The Bertz CT molecular complexity index is 609. The van der Waals surface area contributed by atoms with Crippen LogP contribution in [0.2, 0.25) is 0 Å². The minimum absolute atomic E-state index is 0.314. The van der Waals surface area contributed by atoms with E-state index in [1.165, 1.54) is 11.1 Å². The van der Waals surface area contributed by atoms with Gasteiger partial charge in [0.1, 0.15) is 0 Å². The fourth-order valence-corrected chi connectivity index (χ4v) is 2.82. The molecule has 2 aliphatic rings. The third kappa shape index (κ3) is 2.57. The van der Waals surface area contributed by atoms with Crippen LogP contribution in [0.1, 0.15) is 45.2 Å². The normalized spacial score (nSPS) is 23.1. The first kappa shape index (κ1) is 15.6. The highest BCUT2D eigenvalue weighted by Gasteiger charge is 2.52. The molecule has 4 nitrogen and oxygen atoms in total. The zero-order valence-electron chi connectivity index (χ0n) is 14.4. The zero-order valence-corrected chi connectivity index (χ0v) is 14.4. The Morgan fingerprint density at radius 1 is 1.14 bits per heavy atom. The molecule has 118 valence electrons. The van der Waals surface area contributed by atoms with Crippen LogP contribution in [-0.4, -0.2) is 42.6 Å². The molecule has 1 aromatic carbocycles. The van der Waals surface area contributed by atoms with E-state index in [4.69, 9.17) is 9.31 Å². The first-order chi connectivity index (χ1) is 10.2. The van der Waals surface area contributed by atoms with Gasteiger partial charge in [-0.1, -0.05) is 23.8 Å². The molecule has 0 aliphatic carbocycles. The second-order valence-corrected chi connectivity index (χ2v) is 7.34.